The van der Waals surface area contributed by atoms with E-state index in [0.29, 0.717) is 51.4 Å². The van der Waals surface area contributed by atoms with Crippen LogP contribution >= 0.6 is 12.4 Å². The summed E-state index contributed by atoms with van der Waals surface area (Å²) in [6.07, 6.45) is 0.911. The fourth-order valence-corrected chi connectivity index (χ4v) is 3.61. The molecule has 9 heteroatoms. The topological polar surface area (TPSA) is 102 Å². The number of anilines is 1. The lowest BCUT2D eigenvalue weighted by molar-refractivity contribution is -0.116. The Morgan fingerprint density at radius 3 is 2.65 bits per heavy atom. The monoisotopic (exact) mass is 363 g/mol. The van der Waals surface area contributed by atoms with Crippen molar-refractivity contribution in [3.05, 3.63) is 24.3 Å². The molecular formula is C14H22ClN3O4S. The number of sulfonamides is 1. The number of amides is 1. The minimum absolute atomic E-state index is 0. The number of nitrogens with two attached hydrogens (primary N) is 1. The fourth-order valence-electron chi connectivity index (χ4n) is 2.16. The highest BCUT2D eigenvalue weighted by Gasteiger charge is 2.26. The van der Waals surface area contributed by atoms with Gasteiger partial charge in [0.2, 0.25) is 15.9 Å². The van der Waals surface area contributed by atoms with Gasteiger partial charge in [0.15, 0.2) is 0 Å². The van der Waals surface area contributed by atoms with Crippen molar-refractivity contribution in [3.8, 4) is 0 Å². The fraction of sp³-hybridized carbons (Fsp3) is 0.500. The average molecular weight is 364 g/mol. The smallest absolute Gasteiger partial charge is 0.243 e. The van der Waals surface area contributed by atoms with E-state index in [1.807, 2.05) is 0 Å². The van der Waals surface area contributed by atoms with E-state index >= 15 is 0 Å². The van der Waals surface area contributed by atoms with Crippen molar-refractivity contribution in [2.75, 3.05) is 38.2 Å². The van der Waals surface area contributed by atoms with E-state index in [0.717, 1.165) is 0 Å². The third kappa shape index (κ3) is 5.43. The van der Waals surface area contributed by atoms with E-state index in [4.69, 9.17) is 10.5 Å². The van der Waals surface area contributed by atoms with Gasteiger partial charge in [-0.2, -0.15) is 4.31 Å². The Kier molecular flexibility index (Phi) is 7.93. The van der Waals surface area contributed by atoms with Crippen molar-refractivity contribution in [2.45, 2.75) is 17.7 Å². The number of halogens is 1. The summed E-state index contributed by atoms with van der Waals surface area (Å²) in [5.41, 5.74) is 5.83. The standard InChI is InChI=1S/C14H21N3O4S.ClH/c15-6-2-5-14(18)16-12-3-1-4-13(11-12)22(19,20)17-7-9-21-10-8-17;/h1,3-4,11H,2,5-10,15H2,(H,16,18);1H. The Balaban J connectivity index is 0.00000264. The van der Waals surface area contributed by atoms with Gasteiger partial charge < -0.3 is 15.8 Å². The van der Waals surface area contributed by atoms with Crippen molar-refractivity contribution in [2.24, 2.45) is 5.73 Å². The molecule has 1 aromatic rings. The Morgan fingerprint density at radius 1 is 1.30 bits per heavy atom. The maximum atomic E-state index is 12.5. The summed E-state index contributed by atoms with van der Waals surface area (Å²) < 4.78 is 31.6. The van der Waals surface area contributed by atoms with Gasteiger partial charge in [-0.25, -0.2) is 8.42 Å². The molecule has 0 radical (unpaired) electrons. The van der Waals surface area contributed by atoms with Gasteiger partial charge in [0.05, 0.1) is 18.1 Å². The van der Waals surface area contributed by atoms with Crippen molar-refractivity contribution in [3.63, 3.8) is 0 Å². The molecule has 1 heterocycles. The van der Waals surface area contributed by atoms with Crippen LogP contribution in [0.4, 0.5) is 5.69 Å². The van der Waals surface area contributed by atoms with Gasteiger partial charge in [0, 0.05) is 25.2 Å². The van der Waals surface area contributed by atoms with Gasteiger partial charge in [-0.3, -0.25) is 4.79 Å². The van der Waals surface area contributed by atoms with E-state index in [9.17, 15) is 13.2 Å². The summed E-state index contributed by atoms with van der Waals surface area (Å²) in [6, 6.07) is 6.29. The van der Waals surface area contributed by atoms with Gasteiger partial charge >= 0.3 is 0 Å². The Hall–Kier alpha value is -1.19. The van der Waals surface area contributed by atoms with Crippen LogP contribution in [0.15, 0.2) is 29.2 Å². The number of rotatable bonds is 6. The molecule has 0 saturated carbocycles. The molecule has 1 amide bonds. The zero-order valence-electron chi connectivity index (χ0n) is 12.7. The van der Waals surface area contributed by atoms with Crippen LogP contribution in [0.5, 0.6) is 0 Å². The van der Waals surface area contributed by atoms with Crippen LogP contribution in [-0.2, 0) is 19.6 Å². The molecule has 0 bridgehead atoms. The van der Waals surface area contributed by atoms with Crippen LogP contribution in [0, 0.1) is 0 Å². The van der Waals surface area contributed by atoms with Crippen LogP contribution < -0.4 is 11.1 Å². The number of benzene rings is 1. The second kappa shape index (κ2) is 9.19. The second-order valence-corrected chi connectivity index (χ2v) is 6.92. The summed E-state index contributed by atoms with van der Waals surface area (Å²) in [7, 11) is -3.56. The van der Waals surface area contributed by atoms with E-state index in [1.54, 1.807) is 12.1 Å². The first kappa shape index (κ1) is 19.9. The summed E-state index contributed by atoms with van der Waals surface area (Å²) in [5, 5.41) is 2.69. The highest BCUT2D eigenvalue weighted by molar-refractivity contribution is 7.89. The third-order valence-electron chi connectivity index (χ3n) is 3.33. The molecule has 23 heavy (non-hydrogen) atoms. The average Bonchev–Trinajstić information content (AvgIpc) is 2.54. The first-order valence-corrected chi connectivity index (χ1v) is 8.66. The Morgan fingerprint density at radius 2 is 2.00 bits per heavy atom. The van der Waals surface area contributed by atoms with Gasteiger partial charge in [-0.05, 0) is 31.2 Å². The first-order chi connectivity index (χ1) is 10.5. The molecular weight excluding hydrogens is 342 g/mol. The van der Waals surface area contributed by atoms with Gasteiger partial charge in [-0.1, -0.05) is 6.07 Å². The zero-order valence-corrected chi connectivity index (χ0v) is 14.4. The van der Waals surface area contributed by atoms with Gasteiger partial charge in [-0.15, -0.1) is 12.4 Å². The Labute approximate surface area is 142 Å². The molecule has 1 saturated heterocycles. The summed E-state index contributed by atoms with van der Waals surface area (Å²) >= 11 is 0. The number of ether oxygens (including phenoxy) is 1. The number of morpholine rings is 1. The largest absolute Gasteiger partial charge is 0.379 e. The lowest BCUT2D eigenvalue weighted by Crippen LogP contribution is -2.40. The number of carbonyl (C=O) groups is 1. The number of hydrogen-bond donors (Lipinski definition) is 2. The van der Waals surface area contributed by atoms with E-state index < -0.39 is 10.0 Å². The maximum absolute atomic E-state index is 12.5. The zero-order chi connectivity index (χ0) is 16.0. The van der Waals surface area contributed by atoms with Crippen molar-refractivity contribution < 1.29 is 17.9 Å². The molecule has 7 nitrogen and oxygen atoms in total. The SMILES string of the molecule is Cl.NCCCC(=O)Nc1cccc(S(=O)(=O)N2CCOCC2)c1. The molecule has 3 N–H and O–H groups in total. The molecule has 1 aromatic carbocycles. The second-order valence-electron chi connectivity index (χ2n) is 4.98. The molecule has 1 aliphatic rings. The summed E-state index contributed by atoms with van der Waals surface area (Å²) in [6.45, 7) is 1.92. The van der Waals surface area contributed by atoms with Crippen LogP contribution in [0.3, 0.4) is 0 Å². The summed E-state index contributed by atoms with van der Waals surface area (Å²) in [4.78, 5) is 11.9. The van der Waals surface area contributed by atoms with Crippen molar-refractivity contribution in [1.82, 2.24) is 4.31 Å². The van der Waals surface area contributed by atoms with E-state index in [1.165, 1.54) is 16.4 Å². The van der Waals surface area contributed by atoms with Gasteiger partial charge in [0.25, 0.3) is 0 Å². The van der Waals surface area contributed by atoms with Crippen LogP contribution in [0.25, 0.3) is 0 Å². The number of hydrogen-bond acceptors (Lipinski definition) is 5. The van der Waals surface area contributed by atoms with E-state index in [-0.39, 0.29) is 23.2 Å². The number of nitrogens with one attached hydrogen (secondary N) is 1. The third-order valence-corrected chi connectivity index (χ3v) is 5.23. The number of nitrogens with zero attached hydrogens (tertiary/aromatic N) is 1. The normalized spacial score (nSPS) is 15.7. The van der Waals surface area contributed by atoms with Crippen LogP contribution in [-0.4, -0.2) is 51.5 Å². The number of carbonyl (C=O) groups excluding carboxylic acids is 1. The molecule has 130 valence electrons. The quantitative estimate of drug-likeness (QED) is 0.778. The minimum atomic E-state index is -3.56. The Bertz CT molecular complexity index is 618. The lowest BCUT2D eigenvalue weighted by Gasteiger charge is -2.26. The van der Waals surface area contributed by atoms with Crippen molar-refractivity contribution in [1.29, 1.82) is 0 Å². The summed E-state index contributed by atoms with van der Waals surface area (Å²) in [5.74, 6) is -0.175. The minimum Gasteiger partial charge on any atom is -0.379 e. The van der Waals surface area contributed by atoms with Crippen molar-refractivity contribution >= 4 is 34.0 Å². The highest BCUT2D eigenvalue weighted by atomic mass is 35.5. The van der Waals surface area contributed by atoms with Gasteiger partial charge in [0.1, 0.15) is 0 Å². The molecule has 0 unspecified atom stereocenters. The predicted molar refractivity (Wildman–Crippen MR) is 90.2 cm³/mol. The molecule has 0 aromatic heterocycles. The molecule has 1 fully saturated rings. The van der Waals surface area contributed by atoms with E-state index in [2.05, 4.69) is 5.32 Å². The molecule has 2 rings (SSSR count). The highest BCUT2D eigenvalue weighted by Crippen LogP contribution is 2.20. The maximum Gasteiger partial charge on any atom is 0.243 e. The lowest BCUT2D eigenvalue weighted by atomic mass is 10.2. The molecule has 1 aliphatic heterocycles. The molecule has 0 aliphatic carbocycles. The molecule has 0 spiro atoms. The molecule has 0 atom stereocenters. The predicted octanol–water partition coefficient (Wildman–Crippen LogP) is 0.807. The van der Waals surface area contributed by atoms with Crippen LogP contribution in [0.1, 0.15) is 12.8 Å². The first-order valence-electron chi connectivity index (χ1n) is 7.22. The van der Waals surface area contributed by atoms with Crippen LogP contribution in [0.2, 0.25) is 0 Å².